The van der Waals surface area contributed by atoms with E-state index in [0.29, 0.717) is 11.6 Å². The highest BCUT2D eigenvalue weighted by molar-refractivity contribution is 6.30. The molecule has 1 heterocycles. The van der Waals surface area contributed by atoms with E-state index in [1.807, 2.05) is 0 Å². The molecular weight excluding hydrogens is 476 g/mol. The number of benzene rings is 2. The number of alkyl halides is 3. The van der Waals surface area contributed by atoms with Gasteiger partial charge < -0.3 is 14.8 Å². The van der Waals surface area contributed by atoms with Gasteiger partial charge in [-0.2, -0.15) is 13.2 Å². The Morgan fingerprint density at radius 2 is 1.74 bits per heavy atom. The molecule has 3 rings (SSSR count). The van der Waals surface area contributed by atoms with Gasteiger partial charge >= 0.3 is 12.3 Å². The van der Waals surface area contributed by atoms with Crippen LogP contribution in [-0.2, 0) is 27.6 Å². The second-order valence-electron chi connectivity index (χ2n) is 7.41. The lowest BCUT2D eigenvalue weighted by Crippen LogP contribution is -2.49. The van der Waals surface area contributed by atoms with Crippen LogP contribution in [0.4, 0.5) is 22.4 Å². The summed E-state index contributed by atoms with van der Waals surface area (Å²) in [6.45, 7) is 0.00519. The first-order chi connectivity index (χ1) is 16.1. The first-order valence-electron chi connectivity index (χ1n) is 10.1. The fourth-order valence-corrected chi connectivity index (χ4v) is 3.59. The molecule has 0 unspecified atom stereocenters. The highest BCUT2D eigenvalue weighted by atomic mass is 35.5. The number of hydrogen-bond acceptors (Lipinski definition) is 4. The van der Waals surface area contributed by atoms with E-state index in [9.17, 15) is 22.4 Å². The highest BCUT2D eigenvalue weighted by Crippen LogP contribution is 2.38. The predicted molar refractivity (Wildman–Crippen MR) is 118 cm³/mol. The number of alkyl carbamates (subject to hydrolysis) is 1. The van der Waals surface area contributed by atoms with Crippen molar-refractivity contribution in [3.63, 3.8) is 0 Å². The number of rotatable bonds is 8. The van der Waals surface area contributed by atoms with Crippen molar-refractivity contribution in [3.05, 3.63) is 100 Å². The molecule has 0 bridgehead atoms. The number of aromatic nitrogens is 1. The van der Waals surface area contributed by atoms with Gasteiger partial charge in [-0.25, -0.2) is 9.18 Å². The third-order valence-electron chi connectivity index (χ3n) is 5.03. The molecule has 0 aliphatic rings. The zero-order chi connectivity index (χ0) is 24.8. The molecule has 1 atom stereocenters. The van der Waals surface area contributed by atoms with E-state index in [4.69, 9.17) is 21.1 Å². The molecule has 180 valence electrons. The molecule has 3 aromatic rings. The van der Waals surface area contributed by atoms with Crippen LogP contribution in [0.25, 0.3) is 0 Å². The summed E-state index contributed by atoms with van der Waals surface area (Å²) in [5, 5.41) is 2.91. The molecule has 0 saturated heterocycles. The number of hydrogen-bond donors (Lipinski definition) is 1. The van der Waals surface area contributed by atoms with E-state index in [-0.39, 0.29) is 35.9 Å². The Hall–Kier alpha value is -3.17. The maximum absolute atomic E-state index is 14.5. The van der Waals surface area contributed by atoms with Crippen molar-refractivity contribution in [1.82, 2.24) is 10.3 Å². The van der Waals surface area contributed by atoms with Crippen LogP contribution in [0.5, 0.6) is 0 Å². The largest absolute Gasteiger partial charge is 0.447 e. The first kappa shape index (κ1) is 25.5. The van der Waals surface area contributed by atoms with Gasteiger partial charge in [-0.15, -0.1) is 0 Å². The highest BCUT2D eigenvalue weighted by Gasteiger charge is 2.41. The Labute approximate surface area is 198 Å². The summed E-state index contributed by atoms with van der Waals surface area (Å²) in [5.41, 5.74) is -2.30. The molecule has 34 heavy (non-hydrogen) atoms. The van der Waals surface area contributed by atoms with Crippen LogP contribution >= 0.6 is 11.6 Å². The van der Waals surface area contributed by atoms with Crippen LogP contribution in [0.2, 0.25) is 5.02 Å². The Balaban J connectivity index is 2.23. The molecule has 0 aliphatic heterocycles. The zero-order valence-electron chi connectivity index (χ0n) is 18.0. The summed E-state index contributed by atoms with van der Waals surface area (Å²) in [6.07, 6.45) is -4.52. The normalized spacial score (nSPS) is 13.2. The molecule has 2 aromatic carbocycles. The SMILES string of the molecule is COCCOC(=O)N[C@@](Cc1ccccc1)(c1cc(F)cc(C(F)(F)F)c1)c1ccc(Cl)cn1. The summed E-state index contributed by atoms with van der Waals surface area (Å²) in [4.78, 5) is 17.0. The fraction of sp³-hybridized carbons (Fsp3) is 0.250. The van der Waals surface area contributed by atoms with Gasteiger partial charge in [-0.05, 0) is 41.5 Å². The van der Waals surface area contributed by atoms with Crippen LogP contribution in [0.3, 0.4) is 0 Å². The van der Waals surface area contributed by atoms with Gasteiger partial charge in [0.05, 0.1) is 22.9 Å². The van der Waals surface area contributed by atoms with Gasteiger partial charge in [0.15, 0.2) is 0 Å². The summed E-state index contributed by atoms with van der Waals surface area (Å²) in [6, 6.07) is 13.7. The van der Waals surface area contributed by atoms with Crippen LogP contribution in [0, 0.1) is 5.82 Å². The summed E-state index contributed by atoms with van der Waals surface area (Å²) in [7, 11) is 1.42. The van der Waals surface area contributed by atoms with Gasteiger partial charge in [0, 0.05) is 19.7 Å². The monoisotopic (exact) mass is 496 g/mol. The fourth-order valence-electron chi connectivity index (χ4n) is 3.48. The maximum atomic E-state index is 14.5. The third kappa shape index (κ3) is 6.24. The van der Waals surface area contributed by atoms with Crippen molar-refractivity contribution in [1.29, 1.82) is 0 Å². The third-order valence-corrected chi connectivity index (χ3v) is 5.25. The predicted octanol–water partition coefficient (Wildman–Crippen LogP) is 5.75. The van der Waals surface area contributed by atoms with E-state index >= 15 is 0 Å². The van der Waals surface area contributed by atoms with E-state index < -0.39 is 29.2 Å². The lowest BCUT2D eigenvalue weighted by atomic mass is 9.80. The second-order valence-corrected chi connectivity index (χ2v) is 7.85. The standard InChI is InChI=1S/C24H21ClF4N2O3/c1-33-9-10-34-22(32)31-23(14-16-5-3-2-4-6-16,21-8-7-19(25)15-30-21)17-11-18(24(27,28)29)13-20(26)12-17/h2-8,11-13,15H,9-10,14H2,1H3,(H,31,32)/t23-/m0/s1. The molecule has 0 spiro atoms. The van der Waals surface area contributed by atoms with Crippen LogP contribution in [0.1, 0.15) is 22.4 Å². The van der Waals surface area contributed by atoms with Gasteiger partial charge in [0.25, 0.3) is 0 Å². The van der Waals surface area contributed by atoms with Crippen molar-refractivity contribution < 1.29 is 31.8 Å². The minimum absolute atomic E-state index is 0.0530. The molecule has 10 heteroatoms. The quantitative estimate of drug-likeness (QED) is 0.318. The molecule has 0 radical (unpaired) electrons. The molecular formula is C24H21ClF4N2O3. The van der Waals surface area contributed by atoms with E-state index in [0.717, 1.165) is 12.1 Å². The van der Waals surface area contributed by atoms with Crippen molar-refractivity contribution in [2.75, 3.05) is 20.3 Å². The minimum atomic E-state index is -4.82. The van der Waals surface area contributed by atoms with E-state index in [2.05, 4.69) is 10.3 Å². The number of pyridine rings is 1. The van der Waals surface area contributed by atoms with Gasteiger partial charge in [-0.1, -0.05) is 41.9 Å². The number of ether oxygens (including phenoxy) is 2. The molecule has 1 N–H and O–H groups in total. The second kappa shape index (κ2) is 10.8. The molecule has 0 saturated carbocycles. The summed E-state index contributed by atoms with van der Waals surface area (Å²) < 4.78 is 65.2. The van der Waals surface area contributed by atoms with E-state index in [1.54, 1.807) is 30.3 Å². The Morgan fingerprint density at radius 3 is 2.35 bits per heavy atom. The van der Waals surface area contributed by atoms with Crippen LogP contribution in [-0.4, -0.2) is 31.4 Å². The van der Waals surface area contributed by atoms with Crippen molar-refractivity contribution in [3.8, 4) is 0 Å². The van der Waals surface area contributed by atoms with Gasteiger partial charge in [-0.3, -0.25) is 4.98 Å². The number of carbonyl (C=O) groups is 1. The summed E-state index contributed by atoms with van der Waals surface area (Å²) >= 11 is 5.97. The molecule has 1 aromatic heterocycles. The number of methoxy groups -OCH3 is 1. The Morgan fingerprint density at radius 1 is 1.03 bits per heavy atom. The van der Waals surface area contributed by atoms with Gasteiger partial charge in [0.2, 0.25) is 0 Å². The number of halogens is 5. The average molecular weight is 497 g/mol. The number of nitrogens with zero attached hydrogens (tertiary/aromatic N) is 1. The first-order valence-corrected chi connectivity index (χ1v) is 10.5. The van der Waals surface area contributed by atoms with Crippen molar-refractivity contribution >= 4 is 17.7 Å². The lowest BCUT2D eigenvalue weighted by molar-refractivity contribution is -0.137. The molecule has 0 fully saturated rings. The number of carbonyl (C=O) groups excluding carboxylic acids is 1. The topological polar surface area (TPSA) is 60.5 Å². The van der Waals surface area contributed by atoms with Crippen molar-refractivity contribution in [2.24, 2.45) is 0 Å². The lowest BCUT2D eigenvalue weighted by Gasteiger charge is -2.35. The smallest absolute Gasteiger partial charge is 0.416 e. The Kier molecular flexibility index (Phi) is 8.11. The van der Waals surface area contributed by atoms with E-state index in [1.165, 1.54) is 25.4 Å². The van der Waals surface area contributed by atoms with Crippen molar-refractivity contribution in [2.45, 2.75) is 18.1 Å². The maximum Gasteiger partial charge on any atom is 0.416 e. The summed E-state index contributed by atoms with van der Waals surface area (Å²) in [5.74, 6) is -1.12. The number of amides is 1. The molecule has 5 nitrogen and oxygen atoms in total. The molecule has 1 amide bonds. The van der Waals surface area contributed by atoms with Crippen LogP contribution in [0.15, 0.2) is 66.9 Å². The average Bonchev–Trinajstić information content (AvgIpc) is 2.79. The van der Waals surface area contributed by atoms with Crippen LogP contribution < -0.4 is 5.32 Å². The molecule has 0 aliphatic carbocycles. The zero-order valence-corrected chi connectivity index (χ0v) is 18.8. The number of nitrogens with one attached hydrogen (secondary N) is 1. The Bertz CT molecular complexity index is 1110. The van der Waals surface area contributed by atoms with Gasteiger partial charge in [0.1, 0.15) is 18.0 Å². The minimum Gasteiger partial charge on any atom is -0.447 e.